The summed E-state index contributed by atoms with van der Waals surface area (Å²) in [6, 6.07) is -0.371. The predicted octanol–water partition coefficient (Wildman–Crippen LogP) is 1.40. The summed E-state index contributed by atoms with van der Waals surface area (Å²) in [5, 5.41) is 2.90. The van der Waals surface area contributed by atoms with Crippen LogP contribution >= 0.6 is 0 Å². The molecule has 1 atom stereocenters. The molecule has 1 unspecified atom stereocenters. The zero-order chi connectivity index (χ0) is 17.3. The number of rotatable bonds is 4. The van der Waals surface area contributed by atoms with E-state index in [-0.39, 0.29) is 35.7 Å². The smallest absolute Gasteiger partial charge is 0.243 e. The first-order valence-corrected chi connectivity index (χ1v) is 8.75. The number of piperidine rings is 1. The van der Waals surface area contributed by atoms with Crippen molar-refractivity contribution in [2.45, 2.75) is 58.5 Å². The van der Waals surface area contributed by atoms with Crippen molar-refractivity contribution in [2.24, 2.45) is 5.92 Å². The molecule has 3 rings (SSSR count). The fourth-order valence-corrected chi connectivity index (χ4v) is 3.31. The number of pyridine rings is 1. The van der Waals surface area contributed by atoms with E-state index in [0.29, 0.717) is 24.1 Å². The van der Waals surface area contributed by atoms with E-state index in [0.717, 1.165) is 31.4 Å². The minimum atomic E-state index is -0.371. The summed E-state index contributed by atoms with van der Waals surface area (Å²) in [5.41, 5.74) is 2.01. The second-order valence-corrected chi connectivity index (χ2v) is 6.94. The van der Waals surface area contributed by atoms with Crippen LogP contribution in [-0.2, 0) is 16.1 Å². The number of nitrogens with zero attached hydrogens (tertiary/aromatic N) is 1. The fraction of sp³-hybridized carbons (Fsp3) is 0.611. The minimum absolute atomic E-state index is 0.00111. The molecule has 0 aromatic carbocycles. The Morgan fingerprint density at radius 1 is 1.25 bits per heavy atom. The van der Waals surface area contributed by atoms with E-state index in [4.69, 9.17) is 0 Å². The van der Waals surface area contributed by atoms with Gasteiger partial charge < -0.3 is 15.2 Å². The molecule has 24 heavy (non-hydrogen) atoms. The molecule has 1 aliphatic heterocycles. The van der Waals surface area contributed by atoms with Gasteiger partial charge in [-0.3, -0.25) is 14.4 Å². The lowest BCUT2D eigenvalue weighted by Gasteiger charge is -2.35. The Morgan fingerprint density at radius 3 is 2.71 bits per heavy atom. The maximum absolute atomic E-state index is 12.6. The molecule has 2 N–H and O–H groups in total. The molecule has 1 aromatic rings. The number of carbonyl (C=O) groups excluding carboxylic acids is 2. The van der Waals surface area contributed by atoms with E-state index >= 15 is 0 Å². The standard InChI is InChI=1S/C18H25N3O3/c1-11-9-19-14(12(2)16(11)22)10-20-17(23)15-5-3-4-8-21(15)18(24)13-6-7-13/h9,13,15H,3-8,10H2,1-2H3,(H,19,22)(H,20,23). The number of aryl methyl sites for hydroxylation is 1. The van der Waals surface area contributed by atoms with Crippen LogP contribution in [0, 0.1) is 19.8 Å². The van der Waals surface area contributed by atoms with Crippen LogP contribution in [0.2, 0.25) is 0 Å². The van der Waals surface area contributed by atoms with Crippen LogP contribution in [0.1, 0.15) is 48.9 Å². The van der Waals surface area contributed by atoms with E-state index in [1.165, 1.54) is 0 Å². The van der Waals surface area contributed by atoms with Crippen molar-refractivity contribution in [1.82, 2.24) is 15.2 Å². The summed E-state index contributed by atoms with van der Waals surface area (Å²) >= 11 is 0. The van der Waals surface area contributed by atoms with Gasteiger partial charge in [0.15, 0.2) is 5.43 Å². The second kappa shape index (κ2) is 6.79. The van der Waals surface area contributed by atoms with Gasteiger partial charge in [0, 0.05) is 35.5 Å². The highest BCUT2D eigenvalue weighted by Gasteiger charge is 2.39. The number of nitrogens with one attached hydrogen (secondary N) is 2. The van der Waals surface area contributed by atoms with Crippen LogP contribution < -0.4 is 10.7 Å². The zero-order valence-electron chi connectivity index (χ0n) is 14.4. The van der Waals surface area contributed by atoms with Crippen molar-refractivity contribution >= 4 is 11.8 Å². The summed E-state index contributed by atoms with van der Waals surface area (Å²) in [6.45, 7) is 4.48. The second-order valence-electron chi connectivity index (χ2n) is 6.94. The van der Waals surface area contributed by atoms with E-state index in [2.05, 4.69) is 10.3 Å². The predicted molar refractivity (Wildman–Crippen MR) is 90.5 cm³/mol. The van der Waals surface area contributed by atoms with Crippen LogP contribution in [-0.4, -0.2) is 34.3 Å². The molecule has 6 nitrogen and oxygen atoms in total. The number of H-pyrrole nitrogens is 1. The lowest BCUT2D eigenvalue weighted by Crippen LogP contribution is -2.52. The van der Waals surface area contributed by atoms with E-state index in [1.807, 2.05) is 0 Å². The average Bonchev–Trinajstić information content (AvgIpc) is 3.43. The Labute approximate surface area is 141 Å². The fourth-order valence-electron chi connectivity index (χ4n) is 3.31. The molecule has 0 spiro atoms. The van der Waals surface area contributed by atoms with Gasteiger partial charge >= 0.3 is 0 Å². The maximum atomic E-state index is 12.6. The maximum Gasteiger partial charge on any atom is 0.243 e. The van der Waals surface area contributed by atoms with E-state index < -0.39 is 0 Å². The summed E-state index contributed by atoms with van der Waals surface area (Å²) in [7, 11) is 0. The number of amides is 2. The van der Waals surface area contributed by atoms with Gasteiger partial charge in [-0.1, -0.05) is 0 Å². The molecule has 130 valence electrons. The number of carbonyl (C=O) groups is 2. The van der Waals surface area contributed by atoms with Gasteiger partial charge in [-0.15, -0.1) is 0 Å². The van der Waals surface area contributed by atoms with Gasteiger partial charge in [0.2, 0.25) is 11.8 Å². The van der Waals surface area contributed by atoms with Crippen LogP contribution in [0.15, 0.2) is 11.0 Å². The first-order chi connectivity index (χ1) is 11.5. The Hall–Kier alpha value is -2.11. The molecule has 2 fully saturated rings. The van der Waals surface area contributed by atoms with E-state index in [1.54, 1.807) is 24.9 Å². The molecule has 1 aliphatic carbocycles. The Balaban J connectivity index is 1.66. The van der Waals surface area contributed by atoms with Crippen molar-refractivity contribution in [2.75, 3.05) is 6.54 Å². The largest absolute Gasteiger partial charge is 0.363 e. The Bertz CT molecular complexity index is 706. The van der Waals surface area contributed by atoms with Gasteiger partial charge in [-0.2, -0.15) is 0 Å². The topological polar surface area (TPSA) is 82.3 Å². The average molecular weight is 331 g/mol. The van der Waals surface area contributed by atoms with E-state index in [9.17, 15) is 14.4 Å². The summed E-state index contributed by atoms with van der Waals surface area (Å²) in [5.74, 6) is 0.147. The SMILES string of the molecule is Cc1c[nH]c(CNC(=O)C2CCCCN2C(=O)C2CC2)c(C)c1=O. The normalized spacial score (nSPS) is 20.8. The molecular formula is C18H25N3O3. The van der Waals surface area contributed by atoms with Crippen LogP contribution in [0.3, 0.4) is 0 Å². The summed E-state index contributed by atoms with van der Waals surface area (Å²) in [6.07, 6.45) is 6.22. The third-order valence-electron chi connectivity index (χ3n) is 5.07. The lowest BCUT2D eigenvalue weighted by atomic mass is 10.0. The molecule has 2 amide bonds. The monoisotopic (exact) mass is 331 g/mol. The molecule has 2 heterocycles. The number of likely N-dealkylation sites (tertiary alicyclic amines) is 1. The molecule has 0 bridgehead atoms. The van der Waals surface area contributed by atoms with Crippen molar-refractivity contribution in [3.63, 3.8) is 0 Å². The lowest BCUT2D eigenvalue weighted by molar-refractivity contribution is -0.143. The number of hydrogen-bond donors (Lipinski definition) is 2. The van der Waals surface area contributed by atoms with Gasteiger partial charge in [0.25, 0.3) is 0 Å². The van der Waals surface area contributed by atoms with Crippen molar-refractivity contribution < 1.29 is 9.59 Å². The third kappa shape index (κ3) is 3.37. The highest BCUT2D eigenvalue weighted by Crippen LogP contribution is 2.33. The number of aromatic amines is 1. The van der Waals surface area contributed by atoms with Gasteiger partial charge in [0.1, 0.15) is 6.04 Å². The Morgan fingerprint density at radius 2 is 2.00 bits per heavy atom. The van der Waals surface area contributed by atoms with Gasteiger partial charge in [-0.05, 0) is 46.0 Å². The molecule has 6 heteroatoms. The van der Waals surface area contributed by atoms with Crippen molar-refractivity contribution in [3.05, 3.63) is 33.2 Å². The van der Waals surface area contributed by atoms with Crippen molar-refractivity contribution in [1.29, 1.82) is 0 Å². The summed E-state index contributed by atoms with van der Waals surface area (Å²) in [4.78, 5) is 41.8. The highest BCUT2D eigenvalue weighted by atomic mass is 16.2. The van der Waals surface area contributed by atoms with Crippen LogP contribution in [0.5, 0.6) is 0 Å². The summed E-state index contributed by atoms with van der Waals surface area (Å²) < 4.78 is 0. The Kier molecular flexibility index (Phi) is 4.73. The molecule has 1 saturated heterocycles. The number of aromatic nitrogens is 1. The number of hydrogen-bond acceptors (Lipinski definition) is 3. The highest BCUT2D eigenvalue weighted by molar-refractivity contribution is 5.89. The van der Waals surface area contributed by atoms with Crippen LogP contribution in [0.25, 0.3) is 0 Å². The molecular weight excluding hydrogens is 306 g/mol. The zero-order valence-corrected chi connectivity index (χ0v) is 14.4. The molecule has 1 aromatic heterocycles. The third-order valence-corrected chi connectivity index (χ3v) is 5.07. The quantitative estimate of drug-likeness (QED) is 0.875. The van der Waals surface area contributed by atoms with Crippen molar-refractivity contribution in [3.8, 4) is 0 Å². The molecule has 2 aliphatic rings. The van der Waals surface area contributed by atoms with Gasteiger partial charge in [0.05, 0.1) is 6.54 Å². The first-order valence-electron chi connectivity index (χ1n) is 8.75. The van der Waals surface area contributed by atoms with Gasteiger partial charge in [-0.25, -0.2) is 0 Å². The van der Waals surface area contributed by atoms with Crippen LogP contribution in [0.4, 0.5) is 0 Å². The molecule has 1 saturated carbocycles. The minimum Gasteiger partial charge on any atom is -0.363 e. The first kappa shape index (κ1) is 16.7. The molecule has 0 radical (unpaired) electrons.